The quantitative estimate of drug-likeness (QED) is 0.231. The molecule has 0 spiro atoms. The van der Waals surface area contributed by atoms with Crippen LogP contribution in [0.1, 0.15) is 44.9 Å². The van der Waals surface area contributed by atoms with E-state index in [0.717, 1.165) is 0 Å². The molecule has 0 aromatic rings. The van der Waals surface area contributed by atoms with E-state index >= 15 is 0 Å². The highest BCUT2D eigenvalue weighted by atomic mass is 19.3. The van der Waals surface area contributed by atoms with Gasteiger partial charge in [0.15, 0.2) is 5.41 Å². The van der Waals surface area contributed by atoms with E-state index in [2.05, 4.69) is 11.3 Å². The molecule has 2 saturated carbocycles. The third-order valence-electron chi connectivity index (χ3n) is 6.76. The first kappa shape index (κ1) is 23.1. The van der Waals surface area contributed by atoms with Crippen molar-refractivity contribution < 1.29 is 56.4 Å². The summed E-state index contributed by atoms with van der Waals surface area (Å²) in [6.45, 7) is 3.55. The number of esters is 5. The molecular formula is C21H22F2O10. The van der Waals surface area contributed by atoms with Crippen molar-refractivity contribution in [3.05, 3.63) is 12.7 Å². The summed E-state index contributed by atoms with van der Waals surface area (Å²) in [5, 5.41) is 0. The molecule has 4 fully saturated rings. The van der Waals surface area contributed by atoms with Crippen LogP contribution >= 0.6 is 0 Å². The minimum absolute atomic E-state index is 0.0849. The van der Waals surface area contributed by atoms with E-state index in [9.17, 15) is 32.8 Å². The lowest BCUT2D eigenvalue weighted by Gasteiger charge is -2.37. The lowest BCUT2D eigenvalue weighted by Crippen LogP contribution is -2.48. The number of hydrogen-bond donors (Lipinski definition) is 0. The molecule has 0 aromatic heterocycles. The van der Waals surface area contributed by atoms with Gasteiger partial charge < -0.3 is 23.7 Å². The lowest BCUT2D eigenvalue weighted by molar-refractivity contribution is -0.255. The van der Waals surface area contributed by atoms with Crippen LogP contribution in [0.5, 0.6) is 0 Å². The Morgan fingerprint density at radius 2 is 1.82 bits per heavy atom. The standard InChI is InChI=1S/C21H22F2O10/c1-2-19(6-3-7-19)15(25)33-21(22,23)18(28)30-11-4-8-20(10-13(11)32-17(20)27)16(26)31-12-5-9-29-14(12)24/h2,11-13H,1,3-10H2. The molecule has 2 saturated heterocycles. The van der Waals surface area contributed by atoms with Gasteiger partial charge in [-0.2, -0.15) is 8.78 Å². The van der Waals surface area contributed by atoms with Crippen LogP contribution in [0, 0.1) is 10.8 Å². The molecule has 4 rings (SSSR count). The van der Waals surface area contributed by atoms with E-state index < -0.39 is 65.1 Å². The highest BCUT2D eigenvalue weighted by molar-refractivity contribution is 6.02. The average Bonchev–Trinajstić information content (AvgIpc) is 3.24. The van der Waals surface area contributed by atoms with Gasteiger partial charge in [-0.3, -0.25) is 14.4 Å². The minimum Gasteiger partial charge on any atom is -0.463 e. The molecule has 0 radical (unpaired) electrons. The number of cyclic esters (lactones) is 1. The van der Waals surface area contributed by atoms with Crippen LogP contribution in [0.15, 0.2) is 12.7 Å². The maximum Gasteiger partial charge on any atom is 0.504 e. The second-order valence-electron chi connectivity index (χ2n) is 8.68. The van der Waals surface area contributed by atoms with Gasteiger partial charge in [-0.15, -0.1) is 6.58 Å². The normalized spacial score (nSPS) is 32.1. The number of carbonyl (C=O) groups excluding carboxylic acids is 5. The Balaban J connectivity index is 1.37. The van der Waals surface area contributed by atoms with E-state index in [-0.39, 0.29) is 45.1 Å². The Morgan fingerprint density at radius 3 is 2.39 bits per heavy atom. The smallest absolute Gasteiger partial charge is 0.463 e. The first-order valence-electron chi connectivity index (χ1n) is 10.6. The number of halogens is 2. The fraction of sp³-hybridized carbons (Fsp3) is 0.667. The molecule has 0 amide bonds. The highest BCUT2D eigenvalue weighted by Crippen LogP contribution is 2.48. The number of hydrogen-bond acceptors (Lipinski definition) is 10. The summed E-state index contributed by atoms with van der Waals surface area (Å²) in [5.74, 6) is -6.02. The lowest BCUT2D eigenvalue weighted by atomic mass is 9.69. The Bertz CT molecular complexity index is 911. The number of carbonyl (C=O) groups is 5. The van der Waals surface area contributed by atoms with Crippen molar-refractivity contribution in [2.75, 3.05) is 6.61 Å². The summed E-state index contributed by atoms with van der Waals surface area (Å²) in [4.78, 5) is 60.8. The Morgan fingerprint density at radius 1 is 1.09 bits per heavy atom. The molecule has 4 aliphatic rings. The zero-order valence-electron chi connectivity index (χ0n) is 17.5. The first-order valence-corrected chi connectivity index (χ1v) is 10.6. The van der Waals surface area contributed by atoms with Crippen molar-refractivity contribution in [3.63, 3.8) is 0 Å². The third kappa shape index (κ3) is 3.84. The fourth-order valence-electron chi connectivity index (χ4n) is 4.45. The molecular weight excluding hydrogens is 450 g/mol. The van der Waals surface area contributed by atoms with Crippen LogP contribution in [0.3, 0.4) is 0 Å². The minimum atomic E-state index is -4.55. The zero-order valence-corrected chi connectivity index (χ0v) is 17.5. The van der Waals surface area contributed by atoms with E-state index in [1.807, 2.05) is 0 Å². The summed E-state index contributed by atoms with van der Waals surface area (Å²) >= 11 is 0. The van der Waals surface area contributed by atoms with Gasteiger partial charge in [-0.05, 0) is 25.7 Å². The van der Waals surface area contributed by atoms with Gasteiger partial charge >= 0.3 is 36.0 Å². The Kier molecular flexibility index (Phi) is 5.65. The van der Waals surface area contributed by atoms with Gasteiger partial charge in [0, 0.05) is 12.8 Å². The SMILES string of the molecule is C=CC1(C(=O)OC(F)(F)C(=O)OC2CCC3(C(=O)OC4CCOC4=O)CC2OC3=O)CCC1. The molecule has 4 atom stereocenters. The van der Waals surface area contributed by atoms with Crippen LogP contribution in [0.25, 0.3) is 0 Å². The van der Waals surface area contributed by atoms with Gasteiger partial charge in [-0.25, -0.2) is 9.59 Å². The maximum atomic E-state index is 14.3. The first-order chi connectivity index (χ1) is 15.5. The number of alkyl halides is 2. The monoisotopic (exact) mass is 472 g/mol. The zero-order chi connectivity index (χ0) is 24.0. The van der Waals surface area contributed by atoms with Crippen molar-refractivity contribution in [3.8, 4) is 0 Å². The molecule has 4 unspecified atom stereocenters. The molecule has 10 nitrogen and oxygen atoms in total. The highest BCUT2D eigenvalue weighted by Gasteiger charge is 2.63. The second-order valence-corrected chi connectivity index (χ2v) is 8.68. The van der Waals surface area contributed by atoms with E-state index in [0.29, 0.717) is 6.42 Å². The number of fused-ring (bicyclic) bond motifs is 2. The van der Waals surface area contributed by atoms with Crippen LogP contribution in [-0.2, 0) is 47.7 Å². The van der Waals surface area contributed by atoms with Gasteiger partial charge in [0.2, 0.25) is 6.10 Å². The van der Waals surface area contributed by atoms with Gasteiger partial charge in [0.25, 0.3) is 0 Å². The van der Waals surface area contributed by atoms with Gasteiger partial charge in [0.05, 0.1) is 12.0 Å². The molecule has 2 aliphatic carbocycles. The largest absolute Gasteiger partial charge is 0.504 e. The van der Waals surface area contributed by atoms with Crippen molar-refractivity contribution in [1.82, 2.24) is 0 Å². The summed E-state index contributed by atoms with van der Waals surface area (Å²) in [6.07, 6.45) is -6.16. The van der Waals surface area contributed by atoms with Gasteiger partial charge in [0.1, 0.15) is 12.2 Å². The van der Waals surface area contributed by atoms with Crippen LogP contribution in [0.2, 0.25) is 0 Å². The van der Waals surface area contributed by atoms with Crippen molar-refractivity contribution in [2.24, 2.45) is 10.8 Å². The summed E-state index contributed by atoms with van der Waals surface area (Å²) in [6, 6.07) is 0. The molecule has 0 N–H and O–H groups in total. The molecule has 2 aliphatic heterocycles. The van der Waals surface area contributed by atoms with Gasteiger partial charge in [-0.1, -0.05) is 12.5 Å². The average molecular weight is 472 g/mol. The number of rotatable bonds is 7. The van der Waals surface area contributed by atoms with Crippen LogP contribution in [-0.4, -0.2) is 60.9 Å². The fourth-order valence-corrected chi connectivity index (χ4v) is 4.45. The summed E-state index contributed by atoms with van der Waals surface area (Å²) in [7, 11) is 0. The topological polar surface area (TPSA) is 132 Å². The predicted molar refractivity (Wildman–Crippen MR) is 99.0 cm³/mol. The van der Waals surface area contributed by atoms with Crippen molar-refractivity contribution >= 4 is 29.8 Å². The molecule has 12 heteroatoms. The molecule has 180 valence electrons. The molecule has 0 aromatic carbocycles. The van der Waals surface area contributed by atoms with E-state index in [1.165, 1.54) is 6.08 Å². The summed E-state index contributed by atoms with van der Waals surface area (Å²) in [5.41, 5.74) is -2.97. The Hall–Kier alpha value is -3.05. The van der Waals surface area contributed by atoms with Crippen molar-refractivity contribution in [1.29, 1.82) is 0 Å². The molecule has 33 heavy (non-hydrogen) atoms. The molecule has 2 heterocycles. The van der Waals surface area contributed by atoms with Crippen molar-refractivity contribution in [2.45, 2.75) is 69.4 Å². The molecule has 2 bridgehead atoms. The maximum absolute atomic E-state index is 14.3. The second kappa shape index (κ2) is 8.07. The Labute approximate surface area is 186 Å². The predicted octanol–water partition coefficient (Wildman–Crippen LogP) is 1.34. The summed E-state index contributed by atoms with van der Waals surface area (Å²) < 4.78 is 52.4. The van der Waals surface area contributed by atoms with Crippen LogP contribution in [0.4, 0.5) is 8.78 Å². The van der Waals surface area contributed by atoms with E-state index in [1.54, 1.807) is 0 Å². The van der Waals surface area contributed by atoms with Crippen LogP contribution < -0.4 is 0 Å². The number of ether oxygens (including phenoxy) is 5. The third-order valence-corrected chi connectivity index (χ3v) is 6.76. The van der Waals surface area contributed by atoms with E-state index in [4.69, 9.17) is 18.9 Å².